The van der Waals surface area contributed by atoms with E-state index in [0.717, 1.165) is 25.7 Å². The number of para-hydroxylation sites is 1. The maximum atomic E-state index is 12.4. The van der Waals surface area contributed by atoms with E-state index in [-0.39, 0.29) is 23.3 Å². The van der Waals surface area contributed by atoms with Gasteiger partial charge in [-0.2, -0.15) is 0 Å². The summed E-state index contributed by atoms with van der Waals surface area (Å²) in [5, 5.41) is 16.8. The highest BCUT2D eigenvalue weighted by molar-refractivity contribution is 6.01. The van der Waals surface area contributed by atoms with Crippen LogP contribution < -0.4 is 10.6 Å². The summed E-state index contributed by atoms with van der Waals surface area (Å²) in [6, 6.07) is 4.73. The zero-order chi connectivity index (χ0) is 15.2. The number of nitrogens with zero attached hydrogens (tertiary/aromatic N) is 1. The molecule has 0 spiro atoms. The standard InChI is InChI=1S/C15H21N3O3/c1-16-14-12(9-6-10-13(14)18(20)21)15(19)17-11-7-4-2-3-5-8-11/h6,9-11,16H,2-5,7-8H2,1H3,(H,17,19). The van der Waals surface area contributed by atoms with Gasteiger partial charge in [-0.1, -0.05) is 31.7 Å². The molecule has 6 nitrogen and oxygen atoms in total. The van der Waals surface area contributed by atoms with Gasteiger partial charge in [0.15, 0.2) is 0 Å². The summed E-state index contributed by atoms with van der Waals surface area (Å²) in [5.41, 5.74) is 0.524. The monoisotopic (exact) mass is 291 g/mol. The second kappa shape index (κ2) is 7.06. The van der Waals surface area contributed by atoms with Crippen LogP contribution in [0.1, 0.15) is 48.9 Å². The normalized spacial score (nSPS) is 16.0. The highest BCUT2D eigenvalue weighted by Crippen LogP contribution is 2.28. The fourth-order valence-corrected chi connectivity index (χ4v) is 2.83. The third-order valence-corrected chi connectivity index (χ3v) is 3.92. The molecule has 1 fully saturated rings. The lowest BCUT2D eigenvalue weighted by Gasteiger charge is -2.17. The number of carbonyl (C=O) groups excluding carboxylic acids is 1. The van der Waals surface area contributed by atoms with E-state index in [9.17, 15) is 14.9 Å². The van der Waals surface area contributed by atoms with Gasteiger partial charge in [-0.25, -0.2) is 0 Å². The number of anilines is 1. The van der Waals surface area contributed by atoms with Crippen LogP contribution in [0.2, 0.25) is 0 Å². The smallest absolute Gasteiger partial charge is 0.293 e. The Bertz CT molecular complexity index is 523. The molecule has 1 aromatic rings. The van der Waals surface area contributed by atoms with E-state index in [1.54, 1.807) is 19.2 Å². The minimum atomic E-state index is -0.478. The van der Waals surface area contributed by atoms with Crippen molar-refractivity contribution in [2.75, 3.05) is 12.4 Å². The number of nitrogens with one attached hydrogen (secondary N) is 2. The summed E-state index contributed by atoms with van der Waals surface area (Å²) in [5.74, 6) is -0.241. The molecule has 0 aliphatic heterocycles. The van der Waals surface area contributed by atoms with Gasteiger partial charge in [-0.05, 0) is 18.9 Å². The molecule has 0 unspecified atom stereocenters. The molecule has 1 aliphatic carbocycles. The average Bonchev–Trinajstić information content (AvgIpc) is 2.74. The molecule has 6 heteroatoms. The van der Waals surface area contributed by atoms with Crippen molar-refractivity contribution in [1.29, 1.82) is 0 Å². The summed E-state index contributed by atoms with van der Waals surface area (Å²) < 4.78 is 0. The van der Waals surface area contributed by atoms with E-state index in [0.29, 0.717) is 5.56 Å². The van der Waals surface area contributed by atoms with Gasteiger partial charge >= 0.3 is 0 Å². The lowest BCUT2D eigenvalue weighted by molar-refractivity contribution is -0.384. The fourth-order valence-electron chi connectivity index (χ4n) is 2.83. The van der Waals surface area contributed by atoms with Crippen molar-refractivity contribution < 1.29 is 9.72 Å². The summed E-state index contributed by atoms with van der Waals surface area (Å²) in [6.07, 6.45) is 6.64. The number of rotatable bonds is 4. The molecule has 1 aromatic carbocycles. The lowest BCUT2D eigenvalue weighted by atomic mass is 10.1. The third-order valence-electron chi connectivity index (χ3n) is 3.92. The van der Waals surface area contributed by atoms with Gasteiger partial charge in [0.1, 0.15) is 5.69 Å². The van der Waals surface area contributed by atoms with Gasteiger partial charge in [0.25, 0.3) is 11.6 Å². The summed E-state index contributed by atoms with van der Waals surface area (Å²) in [7, 11) is 1.59. The Morgan fingerprint density at radius 3 is 2.48 bits per heavy atom. The van der Waals surface area contributed by atoms with Crippen LogP contribution in [0.15, 0.2) is 18.2 Å². The zero-order valence-corrected chi connectivity index (χ0v) is 12.2. The molecule has 0 aromatic heterocycles. The Hall–Kier alpha value is -2.11. The number of hydrogen-bond donors (Lipinski definition) is 2. The van der Waals surface area contributed by atoms with Crippen LogP contribution in [-0.4, -0.2) is 23.9 Å². The van der Waals surface area contributed by atoms with Crippen LogP contribution in [0.3, 0.4) is 0 Å². The molecule has 1 amide bonds. The van der Waals surface area contributed by atoms with Crippen molar-refractivity contribution in [1.82, 2.24) is 5.32 Å². The van der Waals surface area contributed by atoms with Crippen LogP contribution in [0.4, 0.5) is 11.4 Å². The number of hydrogen-bond acceptors (Lipinski definition) is 4. The summed E-state index contributed by atoms with van der Waals surface area (Å²) in [6.45, 7) is 0. The van der Waals surface area contributed by atoms with E-state index < -0.39 is 4.92 Å². The maximum absolute atomic E-state index is 12.4. The molecule has 1 aliphatic rings. The highest BCUT2D eigenvalue weighted by atomic mass is 16.6. The molecule has 2 rings (SSSR count). The summed E-state index contributed by atoms with van der Waals surface area (Å²) >= 11 is 0. The molecular weight excluding hydrogens is 270 g/mol. The average molecular weight is 291 g/mol. The fraction of sp³-hybridized carbons (Fsp3) is 0.533. The van der Waals surface area contributed by atoms with Crippen LogP contribution >= 0.6 is 0 Å². The van der Waals surface area contributed by atoms with Crippen molar-refractivity contribution >= 4 is 17.3 Å². The third kappa shape index (κ3) is 3.71. The van der Waals surface area contributed by atoms with Gasteiger partial charge < -0.3 is 10.6 Å². The van der Waals surface area contributed by atoms with Crippen molar-refractivity contribution in [3.63, 3.8) is 0 Å². The van der Waals surface area contributed by atoms with Crippen LogP contribution in [0, 0.1) is 10.1 Å². The molecule has 114 valence electrons. The van der Waals surface area contributed by atoms with Crippen molar-refractivity contribution in [2.24, 2.45) is 0 Å². The summed E-state index contributed by atoms with van der Waals surface area (Å²) in [4.78, 5) is 23.0. The molecule has 0 atom stereocenters. The first-order valence-electron chi connectivity index (χ1n) is 7.39. The van der Waals surface area contributed by atoms with Crippen LogP contribution in [-0.2, 0) is 0 Å². The number of carbonyl (C=O) groups is 1. The largest absolute Gasteiger partial charge is 0.382 e. The van der Waals surface area contributed by atoms with Crippen molar-refractivity contribution in [3.8, 4) is 0 Å². The van der Waals surface area contributed by atoms with E-state index in [4.69, 9.17) is 0 Å². The first-order valence-corrected chi connectivity index (χ1v) is 7.39. The molecule has 1 saturated carbocycles. The van der Waals surface area contributed by atoms with Gasteiger partial charge in [0.05, 0.1) is 10.5 Å². The molecule has 2 N–H and O–H groups in total. The van der Waals surface area contributed by atoms with E-state index in [1.807, 2.05) is 0 Å². The Balaban J connectivity index is 2.18. The maximum Gasteiger partial charge on any atom is 0.293 e. The van der Waals surface area contributed by atoms with Crippen LogP contribution in [0.5, 0.6) is 0 Å². The van der Waals surface area contributed by atoms with Gasteiger partial charge in [-0.15, -0.1) is 0 Å². The molecule has 0 heterocycles. The van der Waals surface area contributed by atoms with Crippen molar-refractivity contribution in [2.45, 2.75) is 44.6 Å². The number of nitro groups is 1. The molecule has 0 saturated heterocycles. The topological polar surface area (TPSA) is 84.3 Å². The Labute approximate surface area is 124 Å². The van der Waals surface area contributed by atoms with Gasteiger partial charge in [0.2, 0.25) is 0 Å². The van der Waals surface area contributed by atoms with E-state index in [2.05, 4.69) is 10.6 Å². The second-order valence-corrected chi connectivity index (χ2v) is 5.37. The molecule has 0 radical (unpaired) electrons. The first kappa shape index (κ1) is 15.3. The molecule has 21 heavy (non-hydrogen) atoms. The van der Waals surface area contributed by atoms with Gasteiger partial charge in [0, 0.05) is 19.2 Å². The number of benzene rings is 1. The lowest BCUT2D eigenvalue weighted by Crippen LogP contribution is -2.34. The minimum absolute atomic E-state index is 0.0778. The molecular formula is C15H21N3O3. The Kier molecular flexibility index (Phi) is 5.14. The van der Waals surface area contributed by atoms with E-state index >= 15 is 0 Å². The SMILES string of the molecule is CNc1c(C(=O)NC2CCCCCC2)cccc1[N+](=O)[O-]. The zero-order valence-electron chi connectivity index (χ0n) is 12.2. The van der Waals surface area contributed by atoms with E-state index in [1.165, 1.54) is 18.9 Å². The first-order chi connectivity index (χ1) is 10.1. The van der Waals surface area contributed by atoms with Gasteiger partial charge in [-0.3, -0.25) is 14.9 Å². The van der Waals surface area contributed by atoms with Crippen molar-refractivity contribution in [3.05, 3.63) is 33.9 Å². The minimum Gasteiger partial charge on any atom is -0.382 e. The number of nitro benzene ring substituents is 1. The Morgan fingerprint density at radius 2 is 1.90 bits per heavy atom. The van der Waals surface area contributed by atoms with Crippen LogP contribution in [0.25, 0.3) is 0 Å². The predicted octanol–water partition coefficient (Wildman–Crippen LogP) is 3.09. The highest BCUT2D eigenvalue weighted by Gasteiger charge is 2.22. The second-order valence-electron chi connectivity index (χ2n) is 5.37. The quantitative estimate of drug-likeness (QED) is 0.507. The molecule has 0 bridgehead atoms. The predicted molar refractivity (Wildman–Crippen MR) is 81.6 cm³/mol. The number of amides is 1. The Morgan fingerprint density at radius 1 is 1.24 bits per heavy atom.